The van der Waals surface area contributed by atoms with Crippen LogP contribution in [-0.4, -0.2) is 43.4 Å². The third-order valence-electron chi connectivity index (χ3n) is 3.08. The number of furan rings is 1. The van der Waals surface area contributed by atoms with E-state index in [1.165, 1.54) is 12.7 Å². The first-order chi connectivity index (χ1) is 7.77. The van der Waals surface area contributed by atoms with Crippen molar-refractivity contribution in [2.45, 2.75) is 18.9 Å². The molecule has 0 aliphatic carbocycles. The highest BCUT2D eigenvalue weighted by atomic mass is 16.3. The van der Waals surface area contributed by atoms with E-state index in [9.17, 15) is 4.79 Å². The van der Waals surface area contributed by atoms with Gasteiger partial charge in [-0.15, -0.1) is 0 Å². The Kier molecular flexibility index (Phi) is 3.74. The van der Waals surface area contributed by atoms with E-state index in [0.717, 1.165) is 19.5 Å². The molecule has 16 heavy (non-hydrogen) atoms. The maximum Gasteiger partial charge on any atom is 0.211 e. The average Bonchev–Trinajstić information content (AvgIpc) is 2.83. The number of piperidine rings is 1. The molecule has 0 unspecified atom stereocenters. The fourth-order valence-electron chi connectivity index (χ4n) is 2.08. The summed E-state index contributed by atoms with van der Waals surface area (Å²) in [4.78, 5) is 13.9. The van der Waals surface area contributed by atoms with Gasteiger partial charge in [-0.05, 0) is 38.6 Å². The van der Waals surface area contributed by atoms with Crippen LogP contribution in [0.1, 0.15) is 23.4 Å². The Morgan fingerprint density at radius 1 is 1.69 bits per heavy atom. The molecule has 0 bridgehead atoms. The topological polar surface area (TPSA) is 45.5 Å². The smallest absolute Gasteiger partial charge is 0.211 e. The van der Waals surface area contributed by atoms with Gasteiger partial charge in [0, 0.05) is 12.6 Å². The Bertz CT molecular complexity index is 329. The average molecular weight is 222 g/mol. The van der Waals surface area contributed by atoms with Gasteiger partial charge in [-0.1, -0.05) is 0 Å². The lowest BCUT2D eigenvalue weighted by Gasteiger charge is -2.30. The number of hydrogen-bond donors (Lipinski definition) is 1. The second-order valence-corrected chi connectivity index (χ2v) is 4.32. The van der Waals surface area contributed by atoms with Gasteiger partial charge < -0.3 is 9.73 Å². The first-order valence-electron chi connectivity index (χ1n) is 5.75. The minimum absolute atomic E-state index is 0.0538. The molecule has 2 heterocycles. The van der Waals surface area contributed by atoms with Crippen molar-refractivity contribution in [2.75, 3.05) is 26.7 Å². The van der Waals surface area contributed by atoms with E-state index in [1.807, 2.05) is 7.05 Å². The molecular weight excluding hydrogens is 204 g/mol. The van der Waals surface area contributed by atoms with Crippen LogP contribution < -0.4 is 5.32 Å². The maximum atomic E-state index is 11.8. The van der Waals surface area contributed by atoms with Gasteiger partial charge in [0.2, 0.25) is 5.78 Å². The lowest BCUT2D eigenvalue weighted by molar-refractivity contribution is 0.0879. The summed E-state index contributed by atoms with van der Waals surface area (Å²) >= 11 is 0. The molecule has 1 atom stereocenters. The Hall–Kier alpha value is -1.13. The van der Waals surface area contributed by atoms with Crippen molar-refractivity contribution in [1.82, 2.24) is 10.2 Å². The van der Waals surface area contributed by atoms with Gasteiger partial charge in [0.1, 0.15) is 0 Å². The molecule has 1 N–H and O–H groups in total. The van der Waals surface area contributed by atoms with E-state index in [0.29, 0.717) is 18.3 Å². The predicted octanol–water partition coefficient (Wildman–Crippen LogP) is 1.15. The van der Waals surface area contributed by atoms with E-state index >= 15 is 0 Å². The molecular formula is C12H18N2O2. The summed E-state index contributed by atoms with van der Waals surface area (Å²) in [6.45, 7) is 2.50. The number of nitrogens with one attached hydrogen (secondary N) is 1. The Morgan fingerprint density at radius 2 is 2.56 bits per heavy atom. The summed E-state index contributed by atoms with van der Waals surface area (Å²) in [5, 5.41) is 3.35. The fourth-order valence-corrected chi connectivity index (χ4v) is 2.08. The SMILES string of the molecule is CN(CC(=O)c1ccco1)[C@H]1CCCNC1. The summed E-state index contributed by atoms with van der Waals surface area (Å²) in [5.41, 5.74) is 0. The molecule has 1 aromatic heterocycles. The first-order valence-corrected chi connectivity index (χ1v) is 5.75. The quantitative estimate of drug-likeness (QED) is 0.776. The Morgan fingerprint density at radius 3 is 3.19 bits per heavy atom. The van der Waals surface area contributed by atoms with Gasteiger partial charge in [-0.25, -0.2) is 0 Å². The van der Waals surface area contributed by atoms with Gasteiger partial charge in [-0.2, -0.15) is 0 Å². The number of hydrogen-bond acceptors (Lipinski definition) is 4. The zero-order valence-electron chi connectivity index (χ0n) is 9.61. The zero-order chi connectivity index (χ0) is 11.4. The fraction of sp³-hybridized carbons (Fsp3) is 0.583. The Balaban J connectivity index is 1.86. The number of ketones is 1. The van der Waals surface area contributed by atoms with Crippen LogP contribution in [-0.2, 0) is 0 Å². The third kappa shape index (κ3) is 2.71. The van der Waals surface area contributed by atoms with Crippen molar-refractivity contribution in [3.63, 3.8) is 0 Å². The van der Waals surface area contributed by atoms with E-state index in [4.69, 9.17) is 4.42 Å². The van der Waals surface area contributed by atoms with Crippen molar-refractivity contribution >= 4 is 5.78 Å². The molecule has 4 heteroatoms. The minimum Gasteiger partial charge on any atom is -0.461 e. The molecule has 0 saturated carbocycles. The molecule has 1 aromatic rings. The molecule has 1 saturated heterocycles. The molecule has 0 aromatic carbocycles. The van der Waals surface area contributed by atoms with E-state index in [2.05, 4.69) is 10.2 Å². The summed E-state index contributed by atoms with van der Waals surface area (Å²) in [6.07, 6.45) is 3.88. The standard InChI is InChI=1S/C12H18N2O2/c1-14(10-4-2-6-13-8-10)9-11(15)12-5-3-7-16-12/h3,5,7,10,13H,2,4,6,8-9H2,1H3/t10-/m0/s1. The van der Waals surface area contributed by atoms with Crippen LogP contribution in [0.2, 0.25) is 0 Å². The van der Waals surface area contributed by atoms with Crippen molar-refractivity contribution in [3.8, 4) is 0 Å². The van der Waals surface area contributed by atoms with Crippen LogP contribution >= 0.6 is 0 Å². The van der Waals surface area contributed by atoms with E-state index in [-0.39, 0.29) is 5.78 Å². The second-order valence-electron chi connectivity index (χ2n) is 4.32. The molecule has 0 spiro atoms. The van der Waals surface area contributed by atoms with Crippen LogP contribution in [0.25, 0.3) is 0 Å². The number of carbonyl (C=O) groups is 1. The van der Waals surface area contributed by atoms with Gasteiger partial charge >= 0.3 is 0 Å². The van der Waals surface area contributed by atoms with Crippen molar-refractivity contribution in [3.05, 3.63) is 24.2 Å². The summed E-state index contributed by atoms with van der Waals surface area (Å²) in [7, 11) is 2.00. The monoisotopic (exact) mass is 222 g/mol. The van der Waals surface area contributed by atoms with Crippen LogP contribution in [0.4, 0.5) is 0 Å². The number of nitrogens with zero attached hydrogens (tertiary/aromatic N) is 1. The summed E-state index contributed by atoms with van der Waals surface area (Å²) < 4.78 is 5.09. The van der Waals surface area contributed by atoms with Crippen LogP contribution in [0.3, 0.4) is 0 Å². The highest BCUT2D eigenvalue weighted by Crippen LogP contribution is 2.10. The number of rotatable bonds is 4. The molecule has 1 fully saturated rings. The normalized spacial score (nSPS) is 21.2. The predicted molar refractivity (Wildman–Crippen MR) is 61.6 cm³/mol. The molecule has 0 radical (unpaired) electrons. The Labute approximate surface area is 95.6 Å². The van der Waals surface area contributed by atoms with E-state index < -0.39 is 0 Å². The molecule has 4 nitrogen and oxygen atoms in total. The summed E-state index contributed by atoms with van der Waals surface area (Å²) in [6, 6.07) is 3.93. The highest BCUT2D eigenvalue weighted by molar-refractivity contribution is 5.94. The van der Waals surface area contributed by atoms with Crippen LogP contribution in [0.5, 0.6) is 0 Å². The van der Waals surface area contributed by atoms with Gasteiger partial charge in [0.15, 0.2) is 5.76 Å². The van der Waals surface area contributed by atoms with Gasteiger partial charge in [0.25, 0.3) is 0 Å². The third-order valence-corrected chi connectivity index (χ3v) is 3.08. The zero-order valence-corrected chi connectivity index (χ0v) is 9.61. The van der Waals surface area contributed by atoms with Gasteiger partial charge in [-0.3, -0.25) is 9.69 Å². The largest absolute Gasteiger partial charge is 0.461 e. The molecule has 88 valence electrons. The van der Waals surface area contributed by atoms with Gasteiger partial charge in [0.05, 0.1) is 12.8 Å². The molecule has 1 aliphatic heterocycles. The minimum atomic E-state index is 0.0538. The molecule has 1 aliphatic rings. The van der Waals surface area contributed by atoms with E-state index in [1.54, 1.807) is 12.1 Å². The van der Waals surface area contributed by atoms with Crippen molar-refractivity contribution < 1.29 is 9.21 Å². The lowest BCUT2D eigenvalue weighted by Crippen LogP contribution is -2.45. The van der Waals surface area contributed by atoms with Crippen molar-refractivity contribution in [1.29, 1.82) is 0 Å². The lowest BCUT2D eigenvalue weighted by atomic mass is 10.1. The second kappa shape index (κ2) is 5.27. The molecule has 2 rings (SSSR count). The summed E-state index contributed by atoms with van der Waals surface area (Å²) in [5.74, 6) is 0.508. The number of Topliss-reactive ketones (excluding diaryl/α,β-unsaturated/α-hetero) is 1. The maximum absolute atomic E-state index is 11.8. The first kappa shape index (κ1) is 11.4. The van der Waals surface area contributed by atoms with Crippen LogP contribution in [0, 0.1) is 0 Å². The van der Waals surface area contributed by atoms with Crippen molar-refractivity contribution in [2.24, 2.45) is 0 Å². The number of carbonyl (C=O) groups excluding carboxylic acids is 1. The number of likely N-dealkylation sites (N-methyl/N-ethyl adjacent to an activating group) is 1. The van der Waals surface area contributed by atoms with Crippen LogP contribution in [0.15, 0.2) is 22.8 Å². The molecule has 0 amide bonds. The highest BCUT2D eigenvalue weighted by Gasteiger charge is 2.20.